The second-order valence-corrected chi connectivity index (χ2v) is 4.39. The largest absolute Gasteiger partial charge is 0.507 e. The molecule has 2 amide bonds. The van der Waals surface area contributed by atoms with Crippen LogP contribution in [-0.2, 0) is 9.53 Å². The summed E-state index contributed by atoms with van der Waals surface area (Å²) >= 11 is 0. The Bertz CT molecular complexity index is 504. The summed E-state index contributed by atoms with van der Waals surface area (Å²) in [5, 5.41) is 12.4. The second kappa shape index (κ2) is 8.11. The van der Waals surface area contributed by atoms with Gasteiger partial charge in [0.2, 0.25) is 5.91 Å². The highest BCUT2D eigenvalue weighted by molar-refractivity contribution is 5.98. The van der Waals surface area contributed by atoms with Gasteiger partial charge in [-0.1, -0.05) is 0 Å². The fourth-order valence-corrected chi connectivity index (χ4v) is 1.66. The number of rotatable bonds is 7. The summed E-state index contributed by atoms with van der Waals surface area (Å²) in [6, 6.07) is 4.37. The normalized spacial score (nSPS) is 10.0. The number of nitrogens with one attached hydrogen (secondary N) is 1. The van der Waals surface area contributed by atoms with Crippen molar-refractivity contribution in [3.63, 3.8) is 0 Å². The summed E-state index contributed by atoms with van der Waals surface area (Å²) in [7, 11) is 4.49. The Kier molecular flexibility index (Phi) is 6.48. The van der Waals surface area contributed by atoms with Gasteiger partial charge in [-0.15, -0.1) is 0 Å². The molecule has 7 nitrogen and oxygen atoms in total. The van der Waals surface area contributed by atoms with Gasteiger partial charge in [0.25, 0.3) is 5.91 Å². The van der Waals surface area contributed by atoms with Crippen molar-refractivity contribution in [2.24, 2.45) is 0 Å². The number of benzene rings is 1. The van der Waals surface area contributed by atoms with Gasteiger partial charge in [-0.2, -0.15) is 0 Å². The molecule has 0 aliphatic carbocycles. The number of phenolic OH excluding ortho intramolecular Hbond substituents is 1. The van der Waals surface area contributed by atoms with Gasteiger partial charge in [0.15, 0.2) is 0 Å². The number of carbonyl (C=O) groups is 2. The lowest BCUT2D eigenvalue weighted by Gasteiger charge is -2.17. The Hall–Kier alpha value is -2.28. The minimum Gasteiger partial charge on any atom is -0.507 e. The summed E-state index contributed by atoms with van der Waals surface area (Å²) in [4.78, 5) is 25.0. The van der Waals surface area contributed by atoms with Crippen LogP contribution in [0.15, 0.2) is 18.2 Å². The van der Waals surface area contributed by atoms with Crippen molar-refractivity contribution in [1.29, 1.82) is 0 Å². The minimum absolute atomic E-state index is 0.103. The zero-order valence-corrected chi connectivity index (χ0v) is 12.4. The molecule has 1 aromatic rings. The molecule has 1 rings (SSSR count). The van der Waals surface area contributed by atoms with Gasteiger partial charge in [0.1, 0.15) is 11.5 Å². The summed E-state index contributed by atoms with van der Waals surface area (Å²) in [5.74, 6) is -0.483. The maximum Gasteiger partial charge on any atom is 0.257 e. The predicted molar refractivity (Wildman–Crippen MR) is 76.5 cm³/mol. The van der Waals surface area contributed by atoms with E-state index < -0.39 is 5.91 Å². The van der Waals surface area contributed by atoms with Crippen LogP contribution in [0.25, 0.3) is 0 Å². The number of carbonyl (C=O) groups excluding carboxylic acids is 2. The van der Waals surface area contributed by atoms with E-state index in [2.05, 4.69) is 5.32 Å². The molecule has 21 heavy (non-hydrogen) atoms. The van der Waals surface area contributed by atoms with Crippen LogP contribution in [0.4, 0.5) is 0 Å². The third-order valence-corrected chi connectivity index (χ3v) is 2.79. The summed E-state index contributed by atoms with van der Waals surface area (Å²) < 4.78 is 9.76. The number of aromatic hydroxyl groups is 1. The average Bonchev–Trinajstić information content (AvgIpc) is 2.46. The van der Waals surface area contributed by atoms with Gasteiger partial charge in [-0.3, -0.25) is 9.59 Å². The molecule has 0 radical (unpaired) electrons. The standard InChI is InChI=1S/C14H20N2O5/c1-16(9-13(18)15-6-7-20-2)14(19)11-5-4-10(21-3)8-12(11)17/h4-5,8,17H,6-7,9H2,1-3H3,(H,15,18). The highest BCUT2D eigenvalue weighted by atomic mass is 16.5. The van der Waals surface area contributed by atoms with E-state index in [0.29, 0.717) is 18.9 Å². The van der Waals surface area contributed by atoms with E-state index in [9.17, 15) is 14.7 Å². The van der Waals surface area contributed by atoms with Crippen molar-refractivity contribution in [2.45, 2.75) is 0 Å². The van der Waals surface area contributed by atoms with E-state index >= 15 is 0 Å². The first kappa shape index (κ1) is 16.8. The highest BCUT2D eigenvalue weighted by Gasteiger charge is 2.18. The third-order valence-electron chi connectivity index (χ3n) is 2.79. The molecule has 1 aromatic carbocycles. The van der Waals surface area contributed by atoms with E-state index in [1.165, 1.54) is 38.3 Å². The first-order valence-electron chi connectivity index (χ1n) is 6.37. The van der Waals surface area contributed by atoms with Crippen LogP contribution >= 0.6 is 0 Å². The van der Waals surface area contributed by atoms with Crippen LogP contribution in [-0.4, -0.2) is 62.8 Å². The average molecular weight is 296 g/mol. The van der Waals surface area contributed by atoms with Gasteiger partial charge < -0.3 is 24.8 Å². The van der Waals surface area contributed by atoms with Crippen molar-refractivity contribution in [2.75, 3.05) is 41.0 Å². The Morgan fingerprint density at radius 1 is 1.33 bits per heavy atom. The first-order valence-corrected chi connectivity index (χ1v) is 6.37. The molecule has 0 aromatic heterocycles. The molecule has 2 N–H and O–H groups in total. The number of likely N-dealkylation sites (N-methyl/N-ethyl adjacent to an activating group) is 1. The van der Waals surface area contributed by atoms with E-state index in [0.717, 1.165) is 0 Å². The molecule has 0 aliphatic heterocycles. The van der Waals surface area contributed by atoms with Crippen LogP contribution in [0.5, 0.6) is 11.5 Å². The lowest BCUT2D eigenvalue weighted by Crippen LogP contribution is -2.39. The van der Waals surface area contributed by atoms with Crippen molar-refractivity contribution < 1.29 is 24.2 Å². The number of amides is 2. The Morgan fingerprint density at radius 3 is 2.62 bits per heavy atom. The number of nitrogens with zero attached hydrogens (tertiary/aromatic N) is 1. The zero-order chi connectivity index (χ0) is 15.8. The molecule has 0 fully saturated rings. The van der Waals surface area contributed by atoms with Gasteiger partial charge in [-0.05, 0) is 12.1 Å². The molecule has 7 heteroatoms. The minimum atomic E-state index is -0.447. The topological polar surface area (TPSA) is 88.1 Å². The van der Waals surface area contributed by atoms with Crippen molar-refractivity contribution in [3.8, 4) is 11.5 Å². The third kappa shape index (κ3) is 4.96. The zero-order valence-electron chi connectivity index (χ0n) is 12.4. The molecule has 0 atom stereocenters. The molecular formula is C14H20N2O5. The van der Waals surface area contributed by atoms with Crippen LogP contribution in [0.1, 0.15) is 10.4 Å². The smallest absolute Gasteiger partial charge is 0.257 e. The lowest BCUT2D eigenvalue weighted by atomic mass is 10.1. The number of methoxy groups -OCH3 is 2. The number of phenols is 1. The Labute approximate surface area is 123 Å². The van der Waals surface area contributed by atoms with Gasteiger partial charge in [0, 0.05) is 26.8 Å². The Balaban J connectivity index is 2.63. The molecule has 0 bridgehead atoms. The summed E-state index contributed by atoms with van der Waals surface area (Å²) in [5.41, 5.74) is 0.114. The molecule has 0 spiro atoms. The number of hydrogen-bond acceptors (Lipinski definition) is 5. The van der Waals surface area contributed by atoms with E-state index in [-0.39, 0.29) is 23.8 Å². The van der Waals surface area contributed by atoms with Crippen molar-refractivity contribution >= 4 is 11.8 Å². The van der Waals surface area contributed by atoms with Crippen LogP contribution in [0.3, 0.4) is 0 Å². The molecule has 0 saturated carbocycles. The summed E-state index contributed by atoms with van der Waals surface area (Å²) in [6.45, 7) is 0.682. The molecule has 0 aliphatic rings. The van der Waals surface area contributed by atoms with Gasteiger partial charge in [0.05, 0.1) is 25.8 Å². The maximum absolute atomic E-state index is 12.2. The predicted octanol–water partition coefficient (Wildman–Crippen LogP) is 0.235. The number of ether oxygens (including phenoxy) is 2. The SMILES string of the molecule is COCCNC(=O)CN(C)C(=O)c1ccc(OC)cc1O. The molecule has 0 unspecified atom stereocenters. The highest BCUT2D eigenvalue weighted by Crippen LogP contribution is 2.24. The quantitative estimate of drug-likeness (QED) is 0.704. The van der Waals surface area contributed by atoms with E-state index in [1.54, 1.807) is 6.07 Å². The second-order valence-electron chi connectivity index (χ2n) is 4.39. The van der Waals surface area contributed by atoms with E-state index in [1.807, 2.05) is 0 Å². The van der Waals surface area contributed by atoms with Crippen LogP contribution in [0.2, 0.25) is 0 Å². The maximum atomic E-state index is 12.2. The fraction of sp³-hybridized carbons (Fsp3) is 0.429. The lowest BCUT2D eigenvalue weighted by molar-refractivity contribution is -0.121. The molecule has 0 saturated heterocycles. The first-order chi connectivity index (χ1) is 9.99. The fourth-order valence-electron chi connectivity index (χ4n) is 1.66. The van der Waals surface area contributed by atoms with Crippen LogP contribution < -0.4 is 10.1 Å². The molecule has 0 heterocycles. The molecular weight excluding hydrogens is 276 g/mol. The molecule has 116 valence electrons. The monoisotopic (exact) mass is 296 g/mol. The van der Waals surface area contributed by atoms with Crippen molar-refractivity contribution in [3.05, 3.63) is 23.8 Å². The van der Waals surface area contributed by atoms with Gasteiger partial charge in [-0.25, -0.2) is 0 Å². The van der Waals surface area contributed by atoms with E-state index in [4.69, 9.17) is 9.47 Å². The van der Waals surface area contributed by atoms with Gasteiger partial charge >= 0.3 is 0 Å². The van der Waals surface area contributed by atoms with Crippen LogP contribution in [0, 0.1) is 0 Å². The summed E-state index contributed by atoms with van der Waals surface area (Å²) in [6.07, 6.45) is 0. The Morgan fingerprint density at radius 2 is 2.05 bits per heavy atom. The number of hydrogen-bond donors (Lipinski definition) is 2. The van der Waals surface area contributed by atoms with Crippen molar-refractivity contribution in [1.82, 2.24) is 10.2 Å².